The van der Waals surface area contributed by atoms with Crippen molar-refractivity contribution in [3.05, 3.63) is 0 Å². The monoisotopic (exact) mass is 296 g/mol. The van der Waals surface area contributed by atoms with Crippen LogP contribution in [0.2, 0.25) is 0 Å². The maximum absolute atomic E-state index is 11.0. The minimum Gasteiger partial charge on any atom is -0.396 e. The smallest absolute Gasteiger partial charge is 0.396 e. The van der Waals surface area contributed by atoms with Crippen molar-refractivity contribution in [1.29, 1.82) is 0 Å². The van der Waals surface area contributed by atoms with E-state index in [1.54, 1.807) is 0 Å². The second-order valence-corrected chi connectivity index (χ2v) is 6.30. The molecule has 0 aromatic heterocycles. The first-order chi connectivity index (χ1) is 9.12. The highest BCUT2D eigenvalue weighted by atomic mass is 31.2. The Morgan fingerprint density at radius 3 is 1.68 bits per heavy atom. The fraction of sp³-hybridized carbons (Fsp3) is 1.00. The van der Waals surface area contributed by atoms with Crippen LogP contribution in [0.5, 0.6) is 0 Å². The summed E-state index contributed by atoms with van der Waals surface area (Å²) in [6.45, 7) is 0.592. The Morgan fingerprint density at radius 1 is 0.842 bits per heavy atom. The first-order valence-electron chi connectivity index (χ1n) is 7.26. The number of phosphoric ester groups is 1. The maximum atomic E-state index is 11.0. The van der Waals surface area contributed by atoms with E-state index in [-0.39, 0.29) is 6.61 Å². The Kier molecular flexibility index (Phi) is 13.1. The molecular formula is C13H29O5P. The average Bonchev–Trinajstić information content (AvgIpc) is 2.40. The molecule has 0 aliphatic rings. The highest BCUT2D eigenvalue weighted by molar-refractivity contribution is 7.47. The van der Waals surface area contributed by atoms with Crippen LogP contribution in [-0.4, -0.2) is 30.3 Å². The summed E-state index contributed by atoms with van der Waals surface area (Å²) < 4.78 is 20.0. The van der Waals surface area contributed by atoms with Crippen LogP contribution in [0, 0.1) is 0 Å². The molecule has 0 saturated heterocycles. The Labute approximate surface area is 116 Å². The molecule has 19 heavy (non-hydrogen) atoms. The zero-order chi connectivity index (χ0) is 14.4. The maximum Gasteiger partial charge on any atom is 0.471 e. The second kappa shape index (κ2) is 13.1. The Bertz CT molecular complexity index is 235. The zero-order valence-corrected chi connectivity index (χ0v) is 12.9. The van der Waals surface area contributed by atoms with E-state index >= 15 is 0 Å². The molecule has 0 heterocycles. The van der Waals surface area contributed by atoms with Crippen molar-refractivity contribution in [1.82, 2.24) is 0 Å². The van der Waals surface area contributed by atoms with Gasteiger partial charge < -0.3 is 10.00 Å². The van der Waals surface area contributed by atoms with Crippen molar-refractivity contribution in [2.75, 3.05) is 20.3 Å². The lowest BCUT2D eigenvalue weighted by Crippen LogP contribution is -1.94. The molecule has 5 nitrogen and oxygen atoms in total. The molecule has 0 radical (unpaired) electrons. The molecule has 0 saturated carbocycles. The first kappa shape index (κ1) is 19.1. The molecule has 2 N–H and O–H groups in total. The van der Waals surface area contributed by atoms with Gasteiger partial charge >= 0.3 is 7.82 Å². The zero-order valence-electron chi connectivity index (χ0n) is 12.1. The van der Waals surface area contributed by atoms with Crippen molar-refractivity contribution >= 4 is 7.82 Å². The highest BCUT2D eigenvalue weighted by Crippen LogP contribution is 2.41. The number of aliphatic hydroxyl groups is 1. The quantitative estimate of drug-likeness (QED) is 0.378. The molecule has 0 amide bonds. The van der Waals surface area contributed by atoms with Crippen LogP contribution in [0.3, 0.4) is 0 Å². The van der Waals surface area contributed by atoms with Gasteiger partial charge in [-0.2, -0.15) is 0 Å². The molecule has 1 unspecified atom stereocenters. The van der Waals surface area contributed by atoms with Crippen molar-refractivity contribution in [3.8, 4) is 0 Å². The van der Waals surface area contributed by atoms with Gasteiger partial charge in [-0.25, -0.2) is 4.57 Å². The van der Waals surface area contributed by atoms with Crippen LogP contribution in [0.4, 0.5) is 0 Å². The Hall–Kier alpha value is 0.0700. The van der Waals surface area contributed by atoms with Crippen LogP contribution >= 0.6 is 7.82 Å². The van der Waals surface area contributed by atoms with Crippen LogP contribution < -0.4 is 0 Å². The van der Waals surface area contributed by atoms with Crippen LogP contribution in [-0.2, 0) is 13.6 Å². The summed E-state index contributed by atoms with van der Waals surface area (Å²) in [6.07, 6.45) is 11.2. The molecule has 1 atom stereocenters. The predicted molar refractivity (Wildman–Crippen MR) is 76.0 cm³/mol. The highest BCUT2D eigenvalue weighted by Gasteiger charge is 2.17. The van der Waals surface area contributed by atoms with Crippen LogP contribution in [0.25, 0.3) is 0 Å². The summed E-state index contributed by atoms with van der Waals surface area (Å²) in [5.74, 6) is 0. The molecule has 0 rings (SSSR count). The van der Waals surface area contributed by atoms with Gasteiger partial charge in [-0.1, -0.05) is 51.4 Å². The van der Waals surface area contributed by atoms with E-state index < -0.39 is 7.82 Å². The van der Waals surface area contributed by atoms with E-state index in [0.29, 0.717) is 6.61 Å². The number of phosphoric acid groups is 1. The third-order valence-electron chi connectivity index (χ3n) is 3.04. The molecule has 0 spiro atoms. The number of hydrogen-bond acceptors (Lipinski definition) is 4. The van der Waals surface area contributed by atoms with Gasteiger partial charge in [0.2, 0.25) is 0 Å². The van der Waals surface area contributed by atoms with Crippen LogP contribution in [0.1, 0.15) is 64.2 Å². The summed E-state index contributed by atoms with van der Waals surface area (Å²) in [5, 5.41) is 8.62. The van der Waals surface area contributed by atoms with Gasteiger partial charge in [0.25, 0.3) is 0 Å². The van der Waals surface area contributed by atoms with E-state index in [2.05, 4.69) is 4.52 Å². The third kappa shape index (κ3) is 14.3. The van der Waals surface area contributed by atoms with Gasteiger partial charge in [-0.05, 0) is 12.8 Å². The molecule has 0 fully saturated rings. The SMILES string of the molecule is COP(=O)(O)OCCCCCCCCCCCCO. The van der Waals surface area contributed by atoms with Gasteiger partial charge in [0.05, 0.1) is 6.61 Å². The van der Waals surface area contributed by atoms with Crippen molar-refractivity contribution in [3.63, 3.8) is 0 Å². The predicted octanol–water partition coefficient (Wildman–Crippen LogP) is 3.64. The molecule has 0 bridgehead atoms. The summed E-state index contributed by atoms with van der Waals surface area (Å²) in [4.78, 5) is 8.98. The van der Waals surface area contributed by atoms with Gasteiger partial charge in [0, 0.05) is 13.7 Å². The van der Waals surface area contributed by atoms with E-state index in [1.165, 1.54) is 39.2 Å². The lowest BCUT2D eigenvalue weighted by molar-refractivity contribution is 0.170. The van der Waals surface area contributed by atoms with Gasteiger partial charge in [-0.15, -0.1) is 0 Å². The Morgan fingerprint density at radius 2 is 1.26 bits per heavy atom. The second-order valence-electron chi connectivity index (χ2n) is 4.74. The molecule has 0 aromatic carbocycles. The summed E-state index contributed by atoms with van der Waals surface area (Å²) in [5.41, 5.74) is 0. The average molecular weight is 296 g/mol. The molecule has 0 aromatic rings. The first-order valence-corrected chi connectivity index (χ1v) is 8.76. The van der Waals surface area contributed by atoms with E-state index in [9.17, 15) is 4.57 Å². The molecule has 0 aliphatic heterocycles. The molecule has 6 heteroatoms. The molecular weight excluding hydrogens is 267 g/mol. The summed E-state index contributed by atoms with van der Waals surface area (Å²) >= 11 is 0. The normalized spacial score (nSPS) is 14.5. The van der Waals surface area contributed by atoms with Gasteiger partial charge in [0.1, 0.15) is 0 Å². The minimum atomic E-state index is -3.77. The van der Waals surface area contributed by atoms with E-state index in [4.69, 9.17) is 14.5 Å². The van der Waals surface area contributed by atoms with Crippen molar-refractivity contribution in [2.45, 2.75) is 64.2 Å². The number of unbranched alkanes of at least 4 members (excludes halogenated alkanes) is 9. The lowest BCUT2D eigenvalue weighted by Gasteiger charge is -2.08. The minimum absolute atomic E-state index is 0.281. The fourth-order valence-electron chi connectivity index (χ4n) is 1.86. The van der Waals surface area contributed by atoms with Crippen LogP contribution in [0.15, 0.2) is 0 Å². The van der Waals surface area contributed by atoms with E-state index in [0.717, 1.165) is 32.1 Å². The fourth-order valence-corrected chi connectivity index (χ4v) is 2.33. The van der Waals surface area contributed by atoms with Gasteiger partial charge in [0.15, 0.2) is 0 Å². The largest absolute Gasteiger partial charge is 0.471 e. The summed E-state index contributed by atoms with van der Waals surface area (Å²) in [6, 6.07) is 0. The molecule has 0 aliphatic carbocycles. The standard InChI is InChI=1S/C13H29O5P/c1-17-19(15,16)18-13-11-9-7-5-3-2-4-6-8-10-12-14/h14H,2-13H2,1H3,(H,15,16). The third-order valence-corrected chi connectivity index (χ3v) is 4.01. The topological polar surface area (TPSA) is 76.0 Å². The van der Waals surface area contributed by atoms with E-state index in [1.807, 2.05) is 0 Å². The molecule has 116 valence electrons. The van der Waals surface area contributed by atoms with Crippen molar-refractivity contribution in [2.24, 2.45) is 0 Å². The number of rotatable bonds is 14. The van der Waals surface area contributed by atoms with Crippen molar-refractivity contribution < 1.29 is 23.6 Å². The van der Waals surface area contributed by atoms with Gasteiger partial charge in [-0.3, -0.25) is 9.05 Å². The number of hydrogen-bond donors (Lipinski definition) is 2. The number of aliphatic hydroxyl groups excluding tert-OH is 1. The lowest BCUT2D eigenvalue weighted by atomic mass is 10.1. The Balaban J connectivity index is 3.09. The summed E-state index contributed by atoms with van der Waals surface area (Å²) in [7, 11) is -2.60.